The predicted octanol–water partition coefficient (Wildman–Crippen LogP) is 2.56. The van der Waals surface area contributed by atoms with Crippen molar-refractivity contribution in [3.63, 3.8) is 0 Å². The highest BCUT2D eigenvalue weighted by atomic mass is 16.3. The zero-order chi connectivity index (χ0) is 15.8. The van der Waals surface area contributed by atoms with Gasteiger partial charge >= 0.3 is 0 Å². The van der Waals surface area contributed by atoms with Crippen molar-refractivity contribution in [2.75, 3.05) is 11.9 Å². The highest BCUT2D eigenvalue weighted by Crippen LogP contribution is 2.16. The summed E-state index contributed by atoms with van der Waals surface area (Å²) in [6.45, 7) is 3.99. The fourth-order valence-corrected chi connectivity index (χ4v) is 2.07. The maximum Gasteiger partial charge on any atom is 0.253 e. The first-order chi connectivity index (χ1) is 10.7. The Morgan fingerprint density at radius 3 is 2.82 bits per heavy atom. The first-order valence-corrected chi connectivity index (χ1v) is 7.12. The van der Waals surface area contributed by atoms with Crippen LogP contribution in [0.5, 0.6) is 0 Å². The van der Waals surface area contributed by atoms with Crippen LogP contribution in [0, 0.1) is 0 Å². The van der Waals surface area contributed by atoms with Crippen molar-refractivity contribution in [2.45, 2.75) is 19.0 Å². The Morgan fingerprint density at radius 2 is 2.14 bits per heavy atom. The molecule has 0 unspecified atom stereocenters. The van der Waals surface area contributed by atoms with Crippen molar-refractivity contribution in [1.29, 1.82) is 0 Å². The van der Waals surface area contributed by atoms with Gasteiger partial charge in [-0.1, -0.05) is 18.2 Å². The van der Waals surface area contributed by atoms with Gasteiger partial charge in [-0.25, -0.2) is 0 Å². The van der Waals surface area contributed by atoms with Gasteiger partial charge in [-0.3, -0.25) is 4.79 Å². The van der Waals surface area contributed by atoms with Gasteiger partial charge < -0.3 is 20.2 Å². The van der Waals surface area contributed by atoms with E-state index in [-0.39, 0.29) is 18.6 Å². The molecule has 0 saturated carbocycles. The minimum atomic E-state index is -0.330. The van der Waals surface area contributed by atoms with E-state index < -0.39 is 0 Å². The Hall–Kier alpha value is -2.53. The third-order valence-electron chi connectivity index (χ3n) is 3.21. The third kappa shape index (κ3) is 4.23. The number of amides is 1. The van der Waals surface area contributed by atoms with Crippen LogP contribution in [-0.2, 0) is 6.54 Å². The molecule has 1 aromatic heterocycles. The van der Waals surface area contributed by atoms with Crippen molar-refractivity contribution in [2.24, 2.45) is 0 Å². The van der Waals surface area contributed by atoms with E-state index in [9.17, 15) is 9.90 Å². The smallest absolute Gasteiger partial charge is 0.253 e. The van der Waals surface area contributed by atoms with E-state index in [1.807, 2.05) is 24.3 Å². The van der Waals surface area contributed by atoms with E-state index in [1.54, 1.807) is 24.5 Å². The predicted molar refractivity (Wildman–Crippen MR) is 85.6 cm³/mol. The molecule has 0 saturated heterocycles. The van der Waals surface area contributed by atoms with Gasteiger partial charge in [0.15, 0.2) is 0 Å². The molecule has 2 aromatic rings. The second-order valence-electron chi connectivity index (χ2n) is 4.86. The number of furan rings is 1. The SMILES string of the molecule is C=CC[C@@H](CO)NC(=O)c1ccccc1NCc1ccco1. The number of carbonyl (C=O) groups excluding carboxylic acids is 1. The largest absolute Gasteiger partial charge is 0.467 e. The average molecular weight is 300 g/mol. The Morgan fingerprint density at radius 1 is 1.32 bits per heavy atom. The first kappa shape index (κ1) is 15.9. The summed E-state index contributed by atoms with van der Waals surface area (Å²) in [5.41, 5.74) is 1.24. The van der Waals surface area contributed by atoms with Crippen molar-refractivity contribution >= 4 is 11.6 Å². The Balaban J connectivity index is 2.06. The van der Waals surface area contributed by atoms with E-state index in [4.69, 9.17) is 4.42 Å². The van der Waals surface area contributed by atoms with Crippen LogP contribution in [0.15, 0.2) is 59.7 Å². The molecule has 1 heterocycles. The number of nitrogens with one attached hydrogen (secondary N) is 2. The van der Waals surface area contributed by atoms with Gasteiger partial charge in [0.1, 0.15) is 5.76 Å². The molecule has 0 aliphatic rings. The molecule has 0 fully saturated rings. The van der Waals surface area contributed by atoms with E-state index in [1.165, 1.54) is 0 Å². The molecule has 1 aromatic carbocycles. The molecule has 116 valence electrons. The van der Waals surface area contributed by atoms with Gasteiger partial charge in [0.05, 0.1) is 31.0 Å². The highest BCUT2D eigenvalue weighted by molar-refractivity contribution is 5.99. The minimum absolute atomic E-state index is 0.125. The fourth-order valence-electron chi connectivity index (χ4n) is 2.07. The maximum atomic E-state index is 12.4. The van der Waals surface area contributed by atoms with Crippen LogP contribution in [0.4, 0.5) is 5.69 Å². The molecule has 0 aliphatic carbocycles. The number of benzene rings is 1. The maximum absolute atomic E-state index is 12.4. The Labute approximate surface area is 129 Å². The highest BCUT2D eigenvalue weighted by Gasteiger charge is 2.15. The third-order valence-corrected chi connectivity index (χ3v) is 3.21. The quantitative estimate of drug-likeness (QED) is 0.655. The Bertz CT molecular complexity index is 608. The minimum Gasteiger partial charge on any atom is -0.467 e. The molecule has 2 rings (SSSR count). The molecule has 1 atom stereocenters. The number of hydrogen-bond donors (Lipinski definition) is 3. The molecule has 0 aliphatic heterocycles. The summed E-state index contributed by atoms with van der Waals surface area (Å²) < 4.78 is 5.26. The molecule has 0 spiro atoms. The molecule has 3 N–H and O–H groups in total. The summed E-state index contributed by atoms with van der Waals surface area (Å²) in [5, 5.41) is 15.2. The summed E-state index contributed by atoms with van der Waals surface area (Å²) in [4.78, 5) is 12.4. The van der Waals surface area contributed by atoms with E-state index >= 15 is 0 Å². The number of carbonyl (C=O) groups is 1. The Kier molecular flexibility index (Phi) is 5.80. The average Bonchev–Trinajstić information content (AvgIpc) is 3.06. The normalized spacial score (nSPS) is 11.7. The van der Waals surface area contributed by atoms with Crippen LogP contribution in [0.25, 0.3) is 0 Å². The van der Waals surface area contributed by atoms with Crippen LogP contribution in [0.1, 0.15) is 22.5 Å². The van der Waals surface area contributed by atoms with Gasteiger partial charge in [0.2, 0.25) is 0 Å². The number of aliphatic hydroxyl groups excluding tert-OH is 1. The van der Waals surface area contributed by atoms with Crippen LogP contribution < -0.4 is 10.6 Å². The van der Waals surface area contributed by atoms with Crippen molar-refractivity contribution in [1.82, 2.24) is 5.32 Å². The molecule has 0 bridgehead atoms. The lowest BCUT2D eigenvalue weighted by Gasteiger charge is -2.16. The summed E-state index contributed by atoms with van der Waals surface area (Å²) >= 11 is 0. The lowest BCUT2D eigenvalue weighted by Crippen LogP contribution is -2.37. The van der Waals surface area contributed by atoms with E-state index in [2.05, 4.69) is 17.2 Å². The second kappa shape index (κ2) is 8.05. The number of rotatable bonds is 8. The van der Waals surface area contributed by atoms with Crippen molar-refractivity contribution in [3.8, 4) is 0 Å². The standard InChI is InChI=1S/C17H20N2O3/c1-2-6-13(12-20)19-17(21)15-8-3-4-9-16(15)18-11-14-7-5-10-22-14/h2-5,7-10,13,18,20H,1,6,11-12H2,(H,19,21)/t13-/m0/s1. The number of anilines is 1. The van der Waals surface area contributed by atoms with Crippen molar-refractivity contribution in [3.05, 3.63) is 66.6 Å². The summed E-state index contributed by atoms with van der Waals surface area (Å²) in [7, 11) is 0. The second-order valence-corrected chi connectivity index (χ2v) is 4.86. The molecule has 22 heavy (non-hydrogen) atoms. The molecular formula is C17H20N2O3. The molecule has 0 radical (unpaired) electrons. The van der Waals surface area contributed by atoms with Gasteiger partial charge in [-0.2, -0.15) is 0 Å². The van der Waals surface area contributed by atoms with Crippen LogP contribution >= 0.6 is 0 Å². The molecular weight excluding hydrogens is 280 g/mol. The topological polar surface area (TPSA) is 74.5 Å². The van der Waals surface area contributed by atoms with E-state index in [0.717, 1.165) is 5.76 Å². The number of aliphatic hydroxyl groups is 1. The van der Waals surface area contributed by atoms with Crippen molar-refractivity contribution < 1.29 is 14.3 Å². The number of hydrogen-bond acceptors (Lipinski definition) is 4. The van der Waals surface area contributed by atoms with Gasteiger partial charge in [-0.05, 0) is 30.7 Å². The lowest BCUT2D eigenvalue weighted by atomic mass is 10.1. The zero-order valence-electron chi connectivity index (χ0n) is 12.3. The number of para-hydroxylation sites is 1. The van der Waals surface area contributed by atoms with Gasteiger partial charge in [-0.15, -0.1) is 6.58 Å². The van der Waals surface area contributed by atoms with Crippen LogP contribution in [0.2, 0.25) is 0 Å². The van der Waals surface area contributed by atoms with E-state index in [0.29, 0.717) is 24.2 Å². The van der Waals surface area contributed by atoms with Gasteiger partial charge in [0.25, 0.3) is 5.91 Å². The lowest BCUT2D eigenvalue weighted by molar-refractivity contribution is 0.0918. The zero-order valence-corrected chi connectivity index (χ0v) is 12.3. The van der Waals surface area contributed by atoms with Crippen LogP contribution in [-0.4, -0.2) is 23.7 Å². The monoisotopic (exact) mass is 300 g/mol. The summed E-state index contributed by atoms with van der Waals surface area (Å²) in [6, 6.07) is 10.6. The molecule has 5 heteroatoms. The summed E-state index contributed by atoms with van der Waals surface area (Å²) in [5.74, 6) is 0.554. The van der Waals surface area contributed by atoms with Crippen LogP contribution in [0.3, 0.4) is 0 Å². The van der Waals surface area contributed by atoms with Gasteiger partial charge in [0, 0.05) is 5.69 Å². The first-order valence-electron chi connectivity index (χ1n) is 7.12. The summed E-state index contributed by atoms with van der Waals surface area (Å²) in [6.07, 6.45) is 3.79. The molecule has 1 amide bonds. The fraction of sp³-hybridized carbons (Fsp3) is 0.235. The molecule has 5 nitrogen and oxygen atoms in total.